The minimum absolute atomic E-state index is 0.305. The lowest BCUT2D eigenvalue weighted by Crippen LogP contribution is -2.14. The minimum atomic E-state index is -0.411. The summed E-state index contributed by atoms with van der Waals surface area (Å²) in [5.41, 5.74) is 0.851. The van der Waals surface area contributed by atoms with E-state index in [0.29, 0.717) is 5.92 Å². The third-order valence-corrected chi connectivity index (χ3v) is 2.76. The molecule has 0 bridgehead atoms. The fourth-order valence-electron chi connectivity index (χ4n) is 1.72. The summed E-state index contributed by atoms with van der Waals surface area (Å²) in [5.74, 6) is 0.305. The lowest BCUT2D eigenvalue weighted by molar-refractivity contribution is -0.111. The van der Waals surface area contributed by atoms with Crippen molar-refractivity contribution in [1.29, 1.82) is 0 Å². The van der Waals surface area contributed by atoms with Gasteiger partial charge in [0.1, 0.15) is 6.29 Å². The van der Waals surface area contributed by atoms with Crippen molar-refractivity contribution in [3.8, 4) is 0 Å². The van der Waals surface area contributed by atoms with Crippen LogP contribution in [0.3, 0.4) is 0 Å². The first-order valence-electron chi connectivity index (χ1n) is 5.13. The molecule has 0 saturated heterocycles. The van der Waals surface area contributed by atoms with E-state index in [4.69, 9.17) is 0 Å². The summed E-state index contributed by atoms with van der Waals surface area (Å²) >= 11 is 0. The van der Waals surface area contributed by atoms with Crippen molar-refractivity contribution in [1.82, 2.24) is 0 Å². The van der Waals surface area contributed by atoms with Crippen LogP contribution in [-0.2, 0) is 4.79 Å². The Bertz CT molecular complexity index is 387. The molecule has 1 nitrogen and oxygen atoms in total. The van der Waals surface area contributed by atoms with E-state index in [1.54, 1.807) is 0 Å². The zero-order valence-corrected chi connectivity index (χ0v) is 8.76. The summed E-state index contributed by atoms with van der Waals surface area (Å²) in [5, 5.41) is 0. The Morgan fingerprint density at radius 3 is 2.27 bits per heavy atom. The van der Waals surface area contributed by atoms with Gasteiger partial charge in [0.05, 0.1) is 5.41 Å². The van der Waals surface area contributed by atoms with Gasteiger partial charge in [-0.1, -0.05) is 54.6 Å². The zero-order chi connectivity index (χ0) is 10.7. The van der Waals surface area contributed by atoms with Gasteiger partial charge in [-0.2, -0.15) is 0 Å². The highest BCUT2D eigenvalue weighted by Gasteiger charge is 2.20. The topological polar surface area (TPSA) is 17.1 Å². The Balaban J connectivity index is 2.22. The van der Waals surface area contributed by atoms with Gasteiger partial charge in [-0.05, 0) is 12.5 Å². The molecule has 0 radical (unpaired) electrons. The van der Waals surface area contributed by atoms with Crippen molar-refractivity contribution in [2.75, 3.05) is 0 Å². The molecule has 1 heteroatoms. The van der Waals surface area contributed by atoms with E-state index < -0.39 is 5.41 Å². The Kier molecular flexibility index (Phi) is 2.55. The van der Waals surface area contributed by atoms with E-state index in [0.717, 1.165) is 6.29 Å². The molecule has 1 aromatic carbocycles. The minimum Gasteiger partial charge on any atom is -0.302 e. The molecular weight excluding hydrogens is 184 g/mol. The predicted octanol–water partition coefficient (Wildman–Crippen LogP) is 3.10. The van der Waals surface area contributed by atoms with Crippen LogP contribution in [0.1, 0.15) is 18.4 Å². The average molecular weight is 198 g/mol. The number of carbonyl (C=O) groups excluding carboxylic acids is 1. The van der Waals surface area contributed by atoms with Crippen molar-refractivity contribution >= 4 is 6.29 Å². The Hall–Kier alpha value is -1.63. The number of carbonyl (C=O) groups is 1. The number of aldehydes is 1. The van der Waals surface area contributed by atoms with Gasteiger partial charge < -0.3 is 4.79 Å². The van der Waals surface area contributed by atoms with Crippen LogP contribution < -0.4 is 0 Å². The molecule has 2 rings (SSSR count). The molecule has 0 aliphatic heterocycles. The smallest absolute Gasteiger partial charge is 0.133 e. The SMILES string of the molecule is CC1(C=O)C=CC(c2ccccc2)C=C1. The van der Waals surface area contributed by atoms with Crippen molar-refractivity contribution in [2.45, 2.75) is 12.8 Å². The molecule has 15 heavy (non-hydrogen) atoms. The summed E-state index contributed by atoms with van der Waals surface area (Å²) < 4.78 is 0. The zero-order valence-electron chi connectivity index (χ0n) is 8.76. The first-order valence-corrected chi connectivity index (χ1v) is 5.13. The number of benzene rings is 1. The summed E-state index contributed by atoms with van der Waals surface area (Å²) in [6.07, 6.45) is 9.09. The van der Waals surface area contributed by atoms with Gasteiger partial charge in [0.15, 0.2) is 0 Å². The van der Waals surface area contributed by atoms with Crippen LogP contribution in [0.4, 0.5) is 0 Å². The van der Waals surface area contributed by atoms with Crippen molar-refractivity contribution in [3.05, 3.63) is 60.2 Å². The maximum atomic E-state index is 10.8. The van der Waals surface area contributed by atoms with Gasteiger partial charge in [0.25, 0.3) is 0 Å². The average Bonchev–Trinajstić information content (AvgIpc) is 2.31. The molecule has 0 heterocycles. The monoisotopic (exact) mass is 198 g/mol. The van der Waals surface area contributed by atoms with Crippen molar-refractivity contribution < 1.29 is 4.79 Å². The maximum Gasteiger partial charge on any atom is 0.133 e. The van der Waals surface area contributed by atoms with E-state index in [1.807, 2.05) is 37.3 Å². The first kappa shape index (κ1) is 9.91. The standard InChI is InChI=1S/C14H14O/c1-14(11-15)9-7-13(8-10-14)12-5-3-2-4-6-12/h2-11,13H,1H3. The first-order chi connectivity index (χ1) is 7.23. The van der Waals surface area contributed by atoms with Crippen LogP contribution in [0.25, 0.3) is 0 Å². The van der Waals surface area contributed by atoms with E-state index in [-0.39, 0.29) is 0 Å². The Morgan fingerprint density at radius 2 is 1.73 bits per heavy atom. The highest BCUT2D eigenvalue weighted by molar-refractivity contribution is 5.66. The van der Waals surface area contributed by atoms with Crippen LogP contribution in [-0.4, -0.2) is 6.29 Å². The summed E-state index contributed by atoms with van der Waals surface area (Å²) in [6, 6.07) is 10.3. The molecule has 0 amide bonds. The molecule has 0 saturated carbocycles. The number of hydrogen-bond acceptors (Lipinski definition) is 1. The molecule has 0 fully saturated rings. The van der Waals surface area contributed by atoms with Crippen LogP contribution in [0.2, 0.25) is 0 Å². The van der Waals surface area contributed by atoms with Crippen molar-refractivity contribution in [2.24, 2.45) is 5.41 Å². The van der Waals surface area contributed by atoms with Crippen LogP contribution in [0.5, 0.6) is 0 Å². The molecule has 0 N–H and O–H groups in total. The van der Waals surface area contributed by atoms with E-state index in [9.17, 15) is 4.79 Å². The summed E-state index contributed by atoms with van der Waals surface area (Å²) in [6.45, 7) is 1.91. The third-order valence-electron chi connectivity index (χ3n) is 2.76. The second-order valence-corrected chi connectivity index (χ2v) is 4.14. The molecule has 76 valence electrons. The Morgan fingerprint density at radius 1 is 1.13 bits per heavy atom. The highest BCUT2D eigenvalue weighted by atomic mass is 16.1. The van der Waals surface area contributed by atoms with Crippen molar-refractivity contribution in [3.63, 3.8) is 0 Å². The second kappa shape index (κ2) is 3.85. The van der Waals surface area contributed by atoms with Crippen LogP contribution >= 0.6 is 0 Å². The maximum absolute atomic E-state index is 10.8. The highest BCUT2D eigenvalue weighted by Crippen LogP contribution is 2.29. The molecule has 0 spiro atoms. The molecule has 1 aromatic rings. The molecule has 0 unspecified atom stereocenters. The summed E-state index contributed by atoms with van der Waals surface area (Å²) in [7, 11) is 0. The molecule has 0 aromatic heterocycles. The predicted molar refractivity (Wildman–Crippen MR) is 61.6 cm³/mol. The normalized spacial score (nSPS) is 29.0. The molecule has 1 aliphatic carbocycles. The van der Waals surface area contributed by atoms with E-state index >= 15 is 0 Å². The van der Waals surface area contributed by atoms with E-state index in [2.05, 4.69) is 24.3 Å². The molecular formula is C14H14O. The van der Waals surface area contributed by atoms with Gasteiger partial charge in [-0.3, -0.25) is 0 Å². The van der Waals surface area contributed by atoms with Gasteiger partial charge in [0.2, 0.25) is 0 Å². The van der Waals surface area contributed by atoms with Crippen LogP contribution in [0.15, 0.2) is 54.6 Å². The summed E-state index contributed by atoms with van der Waals surface area (Å²) in [4.78, 5) is 10.8. The van der Waals surface area contributed by atoms with Gasteiger partial charge in [-0.15, -0.1) is 0 Å². The number of hydrogen-bond donors (Lipinski definition) is 0. The lowest BCUT2D eigenvalue weighted by Gasteiger charge is -2.21. The lowest BCUT2D eigenvalue weighted by atomic mass is 9.83. The number of rotatable bonds is 2. The molecule has 0 atom stereocenters. The molecule has 1 aliphatic rings. The third kappa shape index (κ3) is 2.07. The quantitative estimate of drug-likeness (QED) is 0.527. The largest absolute Gasteiger partial charge is 0.302 e. The van der Waals surface area contributed by atoms with Gasteiger partial charge >= 0.3 is 0 Å². The van der Waals surface area contributed by atoms with Gasteiger partial charge in [0, 0.05) is 5.92 Å². The number of allylic oxidation sites excluding steroid dienone is 4. The van der Waals surface area contributed by atoms with E-state index in [1.165, 1.54) is 5.56 Å². The fourth-order valence-corrected chi connectivity index (χ4v) is 1.72. The van der Waals surface area contributed by atoms with Crippen LogP contribution in [0, 0.1) is 5.41 Å². The second-order valence-electron chi connectivity index (χ2n) is 4.14. The Labute approximate surface area is 90.1 Å². The fraction of sp³-hybridized carbons (Fsp3) is 0.214. The van der Waals surface area contributed by atoms with Gasteiger partial charge in [-0.25, -0.2) is 0 Å².